The Labute approximate surface area is 124 Å². The maximum absolute atomic E-state index is 6.11. The molecule has 0 saturated heterocycles. The van der Waals surface area contributed by atoms with E-state index in [0.29, 0.717) is 6.54 Å². The molecule has 0 radical (unpaired) electrons. The van der Waals surface area contributed by atoms with Crippen LogP contribution < -0.4 is 11.1 Å². The summed E-state index contributed by atoms with van der Waals surface area (Å²) < 4.78 is 1.11. The van der Waals surface area contributed by atoms with Gasteiger partial charge in [0.1, 0.15) is 0 Å². The summed E-state index contributed by atoms with van der Waals surface area (Å²) in [5.74, 6) is 0. The van der Waals surface area contributed by atoms with E-state index in [4.69, 9.17) is 17.3 Å². The van der Waals surface area contributed by atoms with Crippen molar-refractivity contribution in [3.8, 4) is 0 Å². The highest BCUT2D eigenvalue weighted by Gasteiger charge is 2.12. The Morgan fingerprint density at radius 1 is 1.39 bits per heavy atom. The second-order valence-corrected chi connectivity index (χ2v) is 6.94. The first-order valence-electron chi connectivity index (χ1n) is 5.58. The third-order valence-electron chi connectivity index (χ3n) is 2.69. The van der Waals surface area contributed by atoms with Crippen molar-refractivity contribution in [2.45, 2.75) is 13.0 Å². The number of nitrogens with two attached hydrogens (primary N) is 1. The van der Waals surface area contributed by atoms with Crippen LogP contribution in [-0.4, -0.2) is 6.54 Å². The van der Waals surface area contributed by atoms with Gasteiger partial charge in [0.05, 0.1) is 9.83 Å². The number of aryl methyl sites for hydroxylation is 1. The third-order valence-corrected chi connectivity index (χ3v) is 4.83. The van der Waals surface area contributed by atoms with Gasteiger partial charge in [0.15, 0.2) is 0 Å². The van der Waals surface area contributed by atoms with Crippen LogP contribution in [0, 0.1) is 6.92 Å². The van der Waals surface area contributed by atoms with Crippen LogP contribution in [0.5, 0.6) is 0 Å². The van der Waals surface area contributed by atoms with Gasteiger partial charge >= 0.3 is 0 Å². The third kappa shape index (κ3) is 3.26. The largest absolute Gasteiger partial charge is 0.376 e. The number of thiophene rings is 1. The van der Waals surface area contributed by atoms with E-state index in [1.165, 1.54) is 4.88 Å². The topological polar surface area (TPSA) is 38.0 Å². The minimum Gasteiger partial charge on any atom is -0.376 e. The lowest BCUT2D eigenvalue weighted by Crippen LogP contribution is -2.19. The van der Waals surface area contributed by atoms with E-state index in [1.807, 2.05) is 31.2 Å². The first kappa shape index (κ1) is 13.9. The van der Waals surface area contributed by atoms with Gasteiger partial charge in [0.25, 0.3) is 0 Å². The number of rotatable bonds is 4. The van der Waals surface area contributed by atoms with E-state index in [2.05, 4.69) is 27.3 Å². The quantitative estimate of drug-likeness (QED) is 0.851. The molecule has 1 aromatic carbocycles. The molecule has 0 saturated carbocycles. The fraction of sp³-hybridized carbons (Fsp3) is 0.231. The summed E-state index contributed by atoms with van der Waals surface area (Å²) in [6.45, 7) is 2.53. The van der Waals surface area contributed by atoms with Crippen LogP contribution in [0.3, 0.4) is 0 Å². The average molecular weight is 346 g/mol. The number of hydrogen-bond donors (Lipinski definition) is 2. The predicted molar refractivity (Wildman–Crippen MR) is 83.6 cm³/mol. The highest BCUT2D eigenvalue weighted by molar-refractivity contribution is 9.11. The van der Waals surface area contributed by atoms with Crippen molar-refractivity contribution >= 4 is 44.6 Å². The zero-order valence-corrected chi connectivity index (χ0v) is 13.1. The molecule has 1 heterocycles. The van der Waals surface area contributed by atoms with Crippen LogP contribution in [0.15, 0.2) is 34.1 Å². The van der Waals surface area contributed by atoms with Gasteiger partial charge in [-0.25, -0.2) is 0 Å². The highest BCUT2D eigenvalue weighted by Crippen LogP contribution is 2.30. The van der Waals surface area contributed by atoms with Crippen LogP contribution in [0.2, 0.25) is 5.02 Å². The molecule has 0 aliphatic carbocycles. The summed E-state index contributed by atoms with van der Waals surface area (Å²) >= 11 is 11.3. The van der Waals surface area contributed by atoms with Crippen molar-refractivity contribution in [2.75, 3.05) is 11.9 Å². The first-order valence-corrected chi connectivity index (χ1v) is 7.57. The number of nitrogens with one attached hydrogen (secondary N) is 1. The minimum atomic E-state index is 0.111. The number of hydrogen-bond acceptors (Lipinski definition) is 3. The molecule has 0 aliphatic heterocycles. The lowest BCUT2D eigenvalue weighted by atomic mass is 10.2. The molecule has 0 amide bonds. The summed E-state index contributed by atoms with van der Waals surface area (Å²) in [6, 6.07) is 10.2. The van der Waals surface area contributed by atoms with Crippen LogP contribution >= 0.6 is 38.9 Å². The molecule has 1 aromatic heterocycles. The van der Waals surface area contributed by atoms with Crippen LogP contribution in [0.1, 0.15) is 16.5 Å². The van der Waals surface area contributed by atoms with Crippen molar-refractivity contribution < 1.29 is 0 Å². The minimum absolute atomic E-state index is 0.111. The Morgan fingerprint density at radius 3 is 2.72 bits per heavy atom. The van der Waals surface area contributed by atoms with Gasteiger partial charge in [0, 0.05) is 22.1 Å². The maximum atomic E-state index is 6.11. The summed E-state index contributed by atoms with van der Waals surface area (Å²) in [5, 5.41) is 4.17. The van der Waals surface area contributed by atoms with Crippen molar-refractivity contribution in [3.63, 3.8) is 0 Å². The summed E-state index contributed by atoms with van der Waals surface area (Å²) in [4.78, 5) is 1.21. The van der Waals surface area contributed by atoms with Crippen molar-refractivity contribution in [1.29, 1.82) is 0 Å². The predicted octanol–water partition coefficient (Wildman–Crippen LogP) is 4.58. The zero-order chi connectivity index (χ0) is 13.1. The molecule has 96 valence electrons. The maximum Gasteiger partial charge on any atom is 0.0729 e. The van der Waals surface area contributed by atoms with Crippen LogP contribution in [0.25, 0.3) is 0 Å². The van der Waals surface area contributed by atoms with Crippen molar-refractivity contribution in [2.24, 2.45) is 5.73 Å². The number of benzene rings is 1. The molecule has 1 unspecified atom stereocenters. The molecule has 18 heavy (non-hydrogen) atoms. The Bertz CT molecular complexity index is 542. The van der Waals surface area contributed by atoms with Crippen LogP contribution in [0.4, 0.5) is 5.69 Å². The standard InChI is InChI=1S/C13H14BrClN2S/c1-8-2-3-9(6-10(8)15)17-11(7-16)12-4-5-13(14)18-12/h2-6,11,17H,7,16H2,1H3. The Hall–Kier alpha value is -0.550. The fourth-order valence-corrected chi connectivity index (χ4v) is 3.31. The van der Waals surface area contributed by atoms with E-state index in [0.717, 1.165) is 20.1 Å². The highest BCUT2D eigenvalue weighted by atomic mass is 79.9. The van der Waals surface area contributed by atoms with Gasteiger partial charge in [-0.05, 0) is 52.7 Å². The Kier molecular flexibility index (Phi) is 4.67. The van der Waals surface area contributed by atoms with Gasteiger partial charge in [0.2, 0.25) is 0 Å². The molecule has 5 heteroatoms. The Balaban J connectivity index is 2.17. The molecule has 0 spiro atoms. The van der Waals surface area contributed by atoms with Gasteiger partial charge in [-0.3, -0.25) is 0 Å². The second-order valence-electron chi connectivity index (χ2n) is 4.04. The van der Waals surface area contributed by atoms with Gasteiger partial charge in [-0.15, -0.1) is 11.3 Å². The molecule has 2 aromatic rings. The Morgan fingerprint density at radius 2 is 2.17 bits per heavy atom. The fourth-order valence-electron chi connectivity index (χ4n) is 1.65. The zero-order valence-electron chi connectivity index (χ0n) is 9.91. The molecular formula is C13H14BrClN2S. The molecule has 2 nitrogen and oxygen atoms in total. The molecule has 0 fully saturated rings. The second kappa shape index (κ2) is 6.06. The van der Waals surface area contributed by atoms with E-state index >= 15 is 0 Å². The summed E-state index contributed by atoms with van der Waals surface area (Å²) in [7, 11) is 0. The van der Waals surface area contributed by atoms with Crippen LogP contribution in [-0.2, 0) is 0 Å². The SMILES string of the molecule is Cc1ccc(NC(CN)c2ccc(Br)s2)cc1Cl. The molecule has 1 atom stereocenters. The van der Waals surface area contributed by atoms with Crippen molar-refractivity contribution in [3.05, 3.63) is 49.6 Å². The molecule has 3 N–H and O–H groups in total. The average Bonchev–Trinajstić information content (AvgIpc) is 2.77. The lowest BCUT2D eigenvalue weighted by Gasteiger charge is -2.17. The number of halogens is 2. The van der Waals surface area contributed by atoms with Gasteiger partial charge in [-0.2, -0.15) is 0 Å². The van der Waals surface area contributed by atoms with Crippen molar-refractivity contribution in [1.82, 2.24) is 0 Å². The van der Waals surface area contributed by atoms with Gasteiger partial charge < -0.3 is 11.1 Å². The normalized spacial score (nSPS) is 12.4. The first-order chi connectivity index (χ1) is 8.60. The van der Waals surface area contributed by atoms with E-state index in [-0.39, 0.29) is 6.04 Å². The summed E-state index contributed by atoms with van der Waals surface area (Å²) in [5.41, 5.74) is 7.89. The molecule has 2 rings (SSSR count). The van der Waals surface area contributed by atoms with E-state index in [1.54, 1.807) is 11.3 Å². The van der Waals surface area contributed by atoms with E-state index in [9.17, 15) is 0 Å². The molecule has 0 bridgehead atoms. The van der Waals surface area contributed by atoms with E-state index < -0.39 is 0 Å². The molecule has 0 aliphatic rings. The lowest BCUT2D eigenvalue weighted by molar-refractivity contribution is 0.806. The molecular weight excluding hydrogens is 332 g/mol. The summed E-state index contributed by atoms with van der Waals surface area (Å²) in [6.07, 6.45) is 0. The number of anilines is 1. The van der Waals surface area contributed by atoms with Gasteiger partial charge in [-0.1, -0.05) is 17.7 Å². The smallest absolute Gasteiger partial charge is 0.0729 e. The monoisotopic (exact) mass is 344 g/mol.